The summed E-state index contributed by atoms with van der Waals surface area (Å²) in [7, 11) is 3.81. The van der Waals surface area contributed by atoms with Gasteiger partial charge in [-0.2, -0.15) is 11.8 Å². The molecule has 0 saturated carbocycles. The van der Waals surface area contributed by atoms with Crippen molar-refractivity contribution in [3.8, 4) is 11.3 Å². The number of pyridine rings is 2. The van der Waals surface area contributed by atoms with Crippen molar-refractivity contribution in [1.29, 1.82) is 0 Å². The Morgan fingerprint density at radius 1 is 1.05 bits per heavy atom. The number of likely N-dealkylation sites (N-methyl/N-ethyl adjacent to an activating group) is 1. The van der Waals surface area contributed by atoms with E-state index in [-0.39, 0.29) is 11.8 Å². The molecule has 2 atom stereocenters. The Balaban J connectivity index is 1.30. The lowest BCUT2D eigenvalue weighted by atomic mass is 9.86. The first kappa shape index (κ1) is 28.8. The zero-order valence-electron chi connectivity index (χ0n) is 24.2. The summed E-state index contributed by atoms with van der Waals surface area (Å²) in [5, 5.41) is 7.18. The van der Waals surface area contributed by atoms with Gasteiger partial charge >= 0.3 is 0 Å². The van der Waals surface area contributed by atoms with E-state index < -0.39 is 0 Å². The standard InChI is InChI=1S/C31H38N8OS/c1-21(24-6-5-7-25-26(31(40)32-2)10-11-33-30(24)25)23(19-41-4)18-34-28-16-27(36-20-37-28)22-8-9-29(35-17-22)39-14-12-38(3)13-15-39/h5-11,16-17,20-21,23H,12-15,18-19H2,1-4H3,(H,32,40)(H,34,36,37). The highest BCUT2D eigenvalue weighted by atomic mass is 32.2. The van der Waals surface area contributed by atoms with Crippen LogP contribution in [0.15, 0.2) is 61.2 Å². The zero-order chi connectivity index (χ0) is 28.8. The van der Waals surface area contributed by atoms with E-state index in [0.29, 0.717) is 11.5 Å². The summed E-state index contributed by atoms with van der Waals surface area (Å²) in [5.74, 6) is 3.17. The third kappa shape index (κ3) is 6.60. The van der Waals surface area contributed by atoms with Crippen molar-refractivity contribution < 1.29 is 4.79 Å². The molecule has 9 nitrogen and oxygen atoms in total. The maximum absolute atomic E-state index is 12.5. The van der Waals surface area contributed by atoms with Crippen LogP contribution < -0.4 is 15.5 Å². The van der Waals surface area contributed by atoms with E-state index in [4.69, 9.17) is 4.98 Å². The van der Waals surface area contributed by atoms with E-state index in [1.54, 1.807) is 25.6 Å². The normalized spacial score (nSPS) is 15.5. The fourth-order valence-corrected chi connectivity index (χ4v) is 6.19. The van der Waals surface area contributed by atoms with E-state index in [9.17, 15) is 4.79 Å². The highest BCUT2D eigenvalue weighted by Gasteiger charge is 2.23. The second-order valence-corrected chi connectivity index (χ2v) is 11.5. The second-order valence-electron chi connectivity index (χ2n) is 10.5. The van der Waals surface area contributed by atoms with Crippen LogP contribution in [-0.2, 0) is 0 Å². The fourth-order valence-electron chi connectivity index (χ4n) is 5.35. The number of para-hydroxylation sites is 1. The Morgan fingerprint density at radius 2 is 1.88 bits per heavy atom. The molecule has 1 aliphatic rings. The van der Waals surface area contributed by atoms with Crippen LogP contribution in [0.4, 0.5) is 11.6 Å². The number of hydrogen-bond donors (Lipinski definition) is 2. The number of anilines is 2. The Bertz CT molecular complexity index is 1470. The van der Waals surface area contributed by atoms with Crippen LogP contribution in [0.1, 0.15) is 28.8 Å². The molecule has 10 heteroatoms. The third-order valence-electron chi connectivity index (χ3n) is 7.94. The molecule has 4 aromatic rings. The van der Waals surface area contributed by atoms with Gasteiger partial charge in [-0.25, -0.2) is 15.0 Å². The highest BCUT2D eigenvalue weighted by Crippen LogP contribution is 2.33. The number of carbonyl (C=O) groups is 1. The SMILES string of the molecule is CNC(=O)c1ccnc2c(C(C)C(CNc3cc(-c4ccc(N5CCN(C)CC5)nc4)ncn3)CSC)cccc12. The first-order chi connectivity index (χ1) is 20.0. The van der Waals surface area contributed by atoms with Gasteiger partial charge in [0.2, 0.25) is 0 Å². The summed E-state index contributed by atoms with van der Waals surface area (Å²) >= 11 is 1.83. The molecule has 2 N–H and O–H groups in total. The van der Waals surface area contributed by atoms with Gasteiger partial charge in [0, 0.05) is 69.2 Å². The van der Waals surface area contributed by atoms with E-state index in [0.717, 1.165) is 77.8 Å². The maximum atomic E-state index is 12.5. The van der Waals surface area contributed by atoms with Gasteiger partial charge < -0.3 is 20.4 Å². The average molecular weight is 571 g/mol. The summed E-state index contributed by atoms with van der Waals surface area (Å²) in [6, 6.07) is 14.1. The van der Waals surface area contributed by atoms with Crippen molar-refractivity contribution >= 4 is 40.2 Å². The monoisotopic (exact) mass is 570 g/mol. The molecule has 1 saturated heterocycles. The molecular weight excluding hydrogens is 532 g/mol. The Morgan fingerprint density at radius 3 is 2.61 bits per heavy atom. The molecule has 0 aliphatic carbocycles. The molecule has 1 aromatic carbocycles. The van der Waals surface area contributed by atoms with E-state index in [2.05, 4.69) is 73.8 Å². The van der Waals surface area contributed by atoms with Gasteiger partial charge in [-0.15, -0.1) is 0 Å². The fraction of sp³-hybridized carbons (Fsp3) is 0.387. The number of rotatable bonds is 10. The second kappa shape index (κ2) is 13.3. The number of hydrogen-bond acceptors (Lipinski definition) is 9. The number of piperazine rings is 1. The number of nitrogens with one attached hydrogen (secondary N) is 2. The minimum absolute atomic E-state index is 0.103. The van der Waals surface area contributed by atoms with Crippen LogP contribution in [0.3, 0.4) is 0 Å². The predicted molar refractivity (Wildman–Crippen MR) is 169 cm³/mol. The molecule has 214 valence electrons. The molecular formula is C31H38N8OS. The molecule has 5 rings (SSSR count). The number of nitrogens with zero attached hydrogens (tertiary/aromatic N) is 6. The molecule has 0 bridgehead atoms. The molecule has 1 aliphatic heterocycles. The molecule has 3 aromatic heterocycles. The van der Waals surface area contributed by atoms with Crippen LogP contribution in [0.5, 0.6) is 0 Å². The van der Waals surface area contributed by atoms with Gasteiger partial charge in [-0.05, 0) is 54.7 Å². The smallest absolute Gasteiger partial charge is 0.251 e. The maximum Gasteiger partial charge on any atom is 0.251 e. The predicted octanol–water partition coefficient (Wildman–Crippen LogP) is 4.39. The van der Waals surface area contributed by atoms with Gasteiger partial charge in [0.05, 0.1) is 16.8 Å². The number of aromatic nitrogens is 4. The lowest BCUT2D eigenvalue weighted by Crippen LogP contribution is -2.44. The Kier molecular flexibility index (Phi) is 9.31. The number of benzene rings is 1. The number of carbonyl (C=O) groups excluding carboxylic acids is 1. The summed E-state index contributed by atoms with van der Waals surface area (Å²) < 4.78 is 0. The molecule has 41 heavy (non-hydrogen) atoms. The van der Waals surface area contributed by atoms with E-state index in [1.165, 1.54) is 0 Å². The molecule has 0 spiro atoms. The quantitative estimate of drug-likeness (QED) is 0.288. The number of fused-ring (bicyclic) bond motifs is 1. The highest BCUT2D eigenvalue weighted by molar-refractivity contribution is 7.98. The Hall–Kier alpha value is -3.76. The minimum Gasteiger partial charge on any atom is -0.370 e. The summed E-state index contributed by atoms with van der Waals surface area (Å²) in [6.07, 6.45) is 7.36. The van der Waals surface area contributed by atoms with Crippen molar-refractivity contribution in [2.45, 2.75) is 12.8 Å². The largest absolute Gasteiger partial charge is 0.370 e. The lowest BCUT2D eigenvalue weighted by Gasteiger charge is -2.33. The van der Waals surface area contributed by atoms with Gasteiger partial charge in [-0.3, -0.25) is 9.78 Å². The zero-order valence-corrected chi connectivity index (χ0v) is 25.0. The molecule has 1 amide bonds. The third-order valence-corrected chi connectivity index (χ3v) is 8.70. The van der Waals surface area contributed by atoms with Gasteiger partial charge in [-0.1, -0.05) is 25.1 Å². The van der Waals surface area contributed by atoms with Crippen molar-refractivity contribution in [3.05, 3.63) is 72.3 Å². The van der Waals surface area contributed by atoms with Crippen LogP contribution in [0.25, 0.3) is 22.2 Å². The number of thioether (sulfide) groups is 1. The van der Waals surface area contributed by atoms with E-state index >= 15 is 0 Å². The van der Waals surface area contributed by atoms with Crippen molar-refractivity contribution in [2.24, 2.45) is 5.92 Å². The van der Waals surface area contributed by atoms with Gasteiger partial charge in [0.15, 0.2) is 0 Å². The molecule has 1 fully saturated rings. The van der Waals surface area contributed by atoms with Gasteiger partial charge in [0.25, 0.3) is 5.91 Å². The van der Waals surface area contributed by atoms with Crippen LogP contribution in [0.2, 0.25) is 0 Å². The summed E-state index contributed by atoms with van der Waals surface area (Å²) in [4.78, 5) is 35.6. The van der Waals surface area contributed by atoms with Crippen LogP contribution >= 0.6 is 11.8 Å². The summed E-state index contributed by atoms with van der Waals surface area (Å²) in [6.45, 7) is 7.06. The van der Waals surface area contributed by atoms with Crippen LogP contribution in [-0.4, -0.2) is 89.6 Å². The number of amides is 1. The molecule has 0 radical (unpaired) electrons. The van der Waals surface area contributed by atoms with E-state index in [1.807, 2.05) is 36.2 Å². The first-order valence-corrected chi connectivity index (χ1v) is 15.4. The first-order valence-electron chi connectivity index (χ1n) is 14.0. The van der Waals surface area contributed by atoms with Gasteiger partial charge in [0.1, 0.15) is 18.0 Å². The minimum atomic E-state index is -0.103. The average Bonchev–Trinajstić information content (AvgIpc) is 3.02. The van der Waals surface area contributed by atoms with Crippen molar-refractivity contribution in [3.63, 3.8) is 0 Å². The molecule has 2 unspecified atom stereocenters. The van der Waals surface area contributed by atoms with Crippen molar-refractivity contribution in [1.82, 2.24) is 30.2 Å². The lowest BCUT2D eigenvalue weighted by molar-refractivity contribution is 0.0964. The Labute approximate surface area is 246 Å². The van der Waals surface area contributed by atoms with Crippen LogP contribution in [0, 0.1) is 5.92 Å². The molecule has 4 heterocycles. The topological polar surface area (TPSA) is 99.2 Å². The summed E-state index contributed by atoms with van der Waals surface area (Å²) in [5.41, 5.74) is 4.48. The van der Waals surface area contributed by atoms with Crippen molar-refractivity contribution in [2.75, 3.05) is 69.0 Å².